The minimum atomic E-state index is -0.306. The van der Waals surface area contributed by atoms with E-state index in [4.69, 9.17) is 9.47 Å². The summed E-state index contributed by atoms with van der Waals surface area (Å²) < 4.78 is 11.6. The Labute approximate surface area is 159 Å². The van der Waals surface area contributed by atoms with Crippen LogP contribution in [0.2, 0.25) is 0 Å². The Morgan fingerprint density at radius 1 is 1.19 bits per heavy atom. The molecule has 27 heavy (non-hydrogen) atoms. The zero-order valence-corrected chi connectivity index (χ0v) is 16.0. The van der Waals surface area contributed by atoms with Gasteiger partial charge in [0.05, 0.1) is 0 Å². The maximum Gasteiger partial charge on any atom is 0.262 e. The minimum absolute atomic E-state index is 0.123. The Morgan fingerprint density at radius 2 is 1.93 bits per heavy atom. The number of hydrogen-bond acceptors (Lipinski definition) is 4. The summed E-state index contributed by atoms with van der Waals surface area (Å²) >= 11 is 0. The lowest BCUT2D eigenvalue weighted by Crippen LogP contribution is -2.25. The highest BCUT2D eigenvalue weighted by atomic mass is 16.5. The van der Waals surface area contributed by atoms with Crippen molar-refractivity contribution in [2.45, 2.75) is 25.9 Å². The van der Waals surface area contributed by atoms with Gasteiger partial charge in [-0.3, -0.25) is 9.59 Å². The molecule has 1 aliphatic rings. The van der Waals surface area contributed by atoms with E-state index >= 15 is 0 Å². The highest BCUT2D eigenvalue weighted by Gasteiger charge is 2.32. The van der Waals surface area contributed by atoms with Crippen LogP contribution in [0.4, 0.5) is 5.69 Å². The predicted molar refractivity (Wildman–Crippen MR) is 103 cm³/mol. The second kappa shape index (κ2) is 7.31. The van der Waals surface area contributed by atoms with Crippen molar-refractivity contribution in [1.82, 2.24) is 4.90 Å². The molecule has 3 rings (SSSR count). The maximum atomic E-state index is 12.3. The van der Waals surface area contributed by atoms with Crippen LogP contribution in [-0.4, -0.2) is 43.0 Å². The topological polar surface area (TPSA) is 67.9 Å². The summed E-state index contributed by atoms with van der Waals surface area (Å²) in [6.45, 7) is 3.89. The summed E-state index contributed by atoms with van der Waals surface area (Å²) in [5.74, 6) is 0.833. The van der Waals surface area contributed by atoms with E-state index in [9.17, 15) is 9.59 Å². The molecule has 142 valence electrons. The number of anilines is 1. The fraction of sp³-hybridized carbons (Fsp3) is 0.333. The molecule has 0 saturated heterocycles. The summed E-state index contributed by atoms with van der Waals surface area (Å²) in [4.78, 5) is 25.8. The molecule has 2 aromatic rings. The SMILES string of the molecule is CN(C)C(=O)c1cccc(NC(=O)COc2cccc3c2OC(C)(C)C3)c1. The number of amides is 2. The maximum absolute atomic E-state index is 12.3. The van der Waals surface area contributed by atoms with Crippen molar-refractivity contribution >= 4 is 17.5 Å². The molecule has 0 aromatic heterocycles. The Morgan fingerprint density at radius 3 is 2.67 bits per heavy atom. The Bertz CT molecular complexity index is 874. The average molecular weight is 368 g/mol. The van der Waals surface area contributed by atoms with Crippen molar-refractivity contribution in [3.8, 4) is 11.5 Å². The first-order valence-corrected chi connectivity index (χ1v) is 8.80. The molecule has 0 fully saturated rings. The second-order valence-corrected chi connectivity index (χ2v) is 7.40. The van der Waals surface area contributed by atoms with Gasteiger partial charge in [0.2, 0.25) is 0 Å². The summed E-state index contributed by atoms with van der Waals surface area (Å²) in [6, 6.07) is 12.5. The number of nitrogens with one attached hydrogen (secondary N) is 1. The third-order valence-electron chi connectivity index (χ3n) is 4.21. The van der Waals surface area contributed by atoms with Crippen LogP contribution in [-0.2, 0) is 11.2 Å². The molecule has 0 radical (unpaired) electrons. The number of nitrogens with zero attached hydrogens (tertiary/aromatic N) is 1. The van der Waals surface area contributed by atoms with E-state index in [1.165, 1.54) is 4.90 Å². The van der Waals surface area contributed by atoms with Gasteiger partial charge in [-0.05, 0) is 38.1 Å². The van der Waals surface area contributed by atoms with Crippen LogP contribution in [0.5, 0.6) is 11.5 Å². The summed E-state index contributed by atoms with van der Waals surface area (Å²) in [5, 5.41) is 2.75. The first-order chi connectivity index (χ1) is 12.7. The fourth-order valence-corrected chi connectivity index (χ4v) is 3.03. The lowest BCUT2D eigenvalue weighted by molar-refractivity contribution is -0.118. The number of carbonyl (C=O) groups excluding carboxylic acids is 2. The molecule has 1 heterocycles. The van der Waals surface area contributed by atoms with E-state index in [0.717, 1.165) is 12.0 Å². The molecular weight excluding hydrogens is 344 g/mol. The number of fused-ring (bicyclic) bond motifs is 1. The van der Waals surface area contributed by atoms with Crippen molar-refractivity contribution in [2.75, 3.05) is 26.0 Å². The highest BCUT2D eigenvalue weighted by molar-refractivity contribution is 5.97. The van der Waals surface area contributed by atoms with Gasteiger partial charge in [0, 0.05) is 37.3 Å². The monoisotopic (exact) mass is 368 g/mol. The van der Waals surface area contributed by atoms with Gasteiger partial charge in [0.15, 0.2) is 18.1 Å². The largest absolute Gasteiger partial charge is 0.483 e. The van der Waals surface area contributed by atoms with Crippen LogP contribution in [0.25, 0.3) is 0 Å². The van der Waals surface area contributed by atoms with Crippen LogP contribution in [0.1, 0.15) is 29.8 Å². The molecule has 6 nitrogen and oxygen atoms in total. The highest BCUT2D eigenvalue weighted by Crippen LogP contribution is 2.41. The Kier molecular flexibility index (Phi) is 5.08. The third-order valence-corrected chi connectivity index (χ3v) is 4.21. The molecule has 2 amide bonds. The summed E-state index contributed by atoms with van der Waals surface area (Å²) in [7, 11) is 3.37. The lowest BCUT2D eigenvalue weighted by atomic mass is 10.0. The lowest BCUT2D eigenvalue weighted by Gasteiger charge is -2.18. The quantitative estimate of drug-likeness (QED) is 0.880. The van der Waals surface area contributed by atoms with E-state index in [1.54, 1.807) is 44.4 Å². The smallest absolute Gasteiger partial charge is 0.262 e. The number of carbonyl (C=O) groups is 2. The van der Waals surface area contributed by atoms with Crippen LogP contribution < -0.4 is 14.8 Å². The van der Waals surface area contributed by atoms with Gasteiger partial charge in [-0.2, -0.15) is 0 Å². The average Bonchev–Trinajstić information content (AvgIpc) is 2.93. The molecule has 6 heteroatoms. The first kappa shape index (κ1) is 18.8. The van der Waals surface area contributed by atoms with Crippen LogP contribution >= 0.6 is 0 Å². The molecule has 0 aliphatic carbocycles. The van der Waals surface area contributed by atoms with Crippen molar-refractivity contribution in [3.63, 3.8) is 0 Å². The third kappa shape index (κ3) is 4.39. The molecular formula is C21H24N2O4. The molecule has 1 N–H and O–H groups in total. The minimum Gasteiger partial charge on any atom is -0.483 e. The molecule has 0 bridgehead atoms. The van der Waals surface area contributed by atoms with Gasteiger partial charge in [0.25, 0.3) is 11.8 Å². The zero-order chi connectivity index (χ0) is 19.6. The van der Waals surface area contributed by atoms with E-state index in [2.05, 4.69) is 5.32 Å². The molecule has 0 saturated carbocycles. The van der Waals surface area contributed by atoms with E-state index in [-0.39, 0.29) is 24.0 Å². The number of hydrogen-bond donors (Lipinski definition) is 1. The second-order valence-electron chi connectivity index (χ2n) is 7.40. The molecule has 2 aromatic carbocycles. The van der Waals surface area contributed by atoms with Gasteiger partial charge >= 0.3 is 0 Å². The van der Waals surface area contributed by atoms with Crippen LogP contribution in [0.3, 0.4) is 0 Å². The van der Waals surface area contributed by atoms with Crippen LogP contribution in [0, 0.1) is 0 Å². The zero-order valence-electron chi connectivity index (χ0n) is 16.0. The molecule has 0 spiro atoms. The van der Waals surface area contributed by atoms with Gasteiger partial charge in [-0.1, -0.05) is 18.2 Å². The van der Waals surface area contributed by atoms with Crippen molar-refractivity contribution < 1.29 is 19.1 Å². The van der Waals surface area contributed by atoms with Crippen molar-refractivity contribution in [1.29, 1.82) is 0 Å². The Hall–Kier alpha value is -3.02. The van der Waals surface area contributed by atoms with Crippen molar-refractivity contribution in [2.24, 2.45) is 0 Å². The van der Waals surface area contributed by atoms with Crippen molar-refractivity contribution in [3.05, 3.63) is 53.6 Å². The van der Waals surface area contributed by atoms with E-state index < -0.39 is 0 Å². The Balaban J connectivity index is 1.63. The van der Waals surface area contributed by atoms with Gasteiger partial charge < -0.3 is 19.7 Å². The number of para-hydroxylation sites is 1. The predicted octanol–water partition coefficient (Wildman–Crippen LogP) is 3.12. The number of ether oxygens (including phenoxy) is 2. The number of rotatable bonds is 5. The normalized spacial score (nSPS) is 14.1. The van der Waals surface area contributed by atoms with Gasteiger partial charge in [-0.25, -0.2) is 0 Å². The number of benzene rings is 2. The fourth-order valence-electron chi connectivity index (χ4n) is 3.03. The molecule has 0 unspecified atom stereocenters. The van der Waals surface area contributed by atoms with Gasteiger partial charge in [0.1, 0.15) is 5.60 Å². The molecule has 0 atom stereocenters. The summed E-state index contributed by atoms with van der Waals surface area (Å²) in [5.41, 5.74) is 1.86. The van der Waals surface area contributed by atoms with Crippen LogP contribution in [0.15, 0.2) is 42.5 Å². The summed E-state index contributed by atoms with van der Waals surface area (Å²) in [6.07, 6.45) is 0.804. The van der Waals surface area contributed by atoms with Gasteiger partial charge in [-0.15, -0.1) is 0 Å². The first-order valence-electron chi connectivity index (χ1n) is 8.80. The van der Waals surface area contributed by atoms with E-state index in [0.29, 0.717) is 22.7 Å². The van der Waals surface area contributed by atoms with E-state index in [1.807, 2.05) is 26.0 Å². The standard InChI is InChI=1S/C21H24N2O4/c1-21(2)12-15-8-6-10-17(19(15)27-21)26-13-18(24)22-16-9-5-7-14(11-16)20(25)23(3)4/h5-11H,12-13H2,1-4H3,(H,22,24). The molecule has 1 aliphatic heterocycles.